The van der Waals surface area contributed by atoms with Crippen LogP contribution in [0.25, 0.3) is 33.8 Å². The summed E-state index contributed by atoms with van der Waals surface area (Å²) >= 11 is 6.25. The van der Waals surface area contributed by atoms with Gasteiger partial charge in [0.05, 0.1) is 16.2 Å². The molecule has 0 saturated carbocycles. The molecule has 3 aromatic carbocycles. The molecule has 0 radical (unpaired) electrons. The number of nitro benzene ring substituents is 1. The van der Waals surface area contributed by atoms with E-state index in [-0.39, 0.29) is 11.6 Å². The predicted octanol–water partition coefficient (Wildman–Crippen LogP) is 8.67. The number of hydrogen-bond donors (Lipinski definition) is 0. The Morgan fingerprint density at radius 1 is 0.921 bits per heavy atom. The van der Waals surface area contributed by atoms with Gasteiger partial charge in [-0.25, -0.2) is 4.99 Å². The van der Waals surface area contributed by atoms with E-state index in [2.05, 4.69) is 11.1 Å². The zero-order chi connectivity index (χ0) is 26.8. The molecular weight excluding hydrogens is 502 g/mol. The number of rotatable bonds is 6. The average molecular weight is 522 g/mol. The summed E-state index contributed by atoms with van der Waals surface area (Å²) in [5.74, 6) is 1.39. The molecule has 5 rings (SSSR count). The first-order valence-corrected chi connectivity index (χ1v) is 12.0. The molecule has 0 bridgehead atoms. The maximum atomic E-state index is 11.2. The zero-order valence-electron chi connectivity index (χ0n) is 20.4. The van der Waals surface area contributed by atoms with Crippen molar-refractivity contribution in [1.29, 1.82) is 5.26 Å². The van der Waals surface area contributed by atoms with Crippen LogP contribution in [0.5, 0.6) is 0 Å². The molecule has 186 valence electrons. The number of nitro groups is 1. The third kappa shape index (κ3) is 4.85. The molecule has 0 aliphatic carbocycles. The number of aryl methyl sites for hydroxylation is 2. The van der Waals surface area contributed by atoms with Crippen molar-refractivity contribution in [3.05, 3.63) is 116 Å². The van der Waals surface area contributed by atoms with Gasteiger partial charge in [-0.05, 0) is 37.6 Å². The Balaban J connectivity index is 1.56. The Bertz CT molecular complexity index is 1720. The van der Waals surface area contributed by atoms with Crippen LogP contribution in [0.3, 0.4) is 0 Å². The fourth-order valence-electron chi connectivity index (χ4n) is 4.02. The molecule has 2 heterocycles. The predicted molar refractivity (Wildman–Crippen MR) is 147 cm³/mol. The van der Waals surface area contributed by atoms with Crippen LogP contribution >= 0.6 is 11.6 Å². The Morgan fingerprint density at radius 2 is 1.58 bits per heavy atom. The lowest BCUT2D eigenvalue weighted by atomic mass is 9.97. The van der Waals surface area contributed by atoms with E-state index in [1.807, 2.05) is 62.4 Å². The lowest BCUT2D eigenvalue weighted by Crippen LogP contribution is -1.88. The Morgan fingerprint density at radius 3 is 2.21 bits per heavy atom. The molecule has 0 saturated heterocycles. The van der Waals surface area contributed by atoms with E-state index in [0.717, 1.165) is 22.3 Å². The highest BCUT2D eigenvalue weighted by Crippen LogP contribution is 2.42. The summed E-state index contributed by atoms with van der Waals surface area (Å²) in [6.07, 6.45) is 1.44. The van der Waals surface area contributed by atoms with Crippen LogP contribution in [0, 0.1) is 35.3 Å². The first-order valence-electron chi connectivity index (χ1n) is 11.6. The fourth-order valence-corrected chi connectivity index (χ4v) is 4.23. The van der Waals surface area contributed by atoms with Gasteiger partial charge in [0, 0.05) is 28.8 Å². The van der Waals surface area contributed by atoms with Crippen LogP contribution in [0.2, 0.25) is 5.02 Å². The monoisotopic (exact) mass is 521 g/mol. The lowest BCUT2D eigenvalue weighted by molar-refractivity contribution is -0.384. The number of halogens is 1. The van der Waals surface area contributed by atoms with Crippen LogP contribution in [-0.4, -0.2) is 11.1 Å². The maximum Gasteiger partial charge on any atom is 0.270 e. The van der Waals surface area contributed by atoms with Gasteiger partial charge in [-0.3, -0.25) is 10.1 Å². The number of nitriles is 1. The summed E-state index contributed by atoms with van der Waals surface area (Å²) in [4.78, 5) is 15.1. The number of hydrogen-bond acceptors (Lipinski definition) is 6. The molecular formula is C30H20ClN3O4. The molecule has 0 aliphatic rings. The molecule has 0 fully saturated rings. The van der Waals surface area contributed by atoms with E-state index in [0.29, 0.717) is 39.0 Å². The normalized spacial score (nSPS) is 11.1. The van der Waals surface area contributed by atoms with Gasteiger partial charge < -0.3 is 8.83 Å². The summed E-state index contributed by atoms with van der Waals surface area (Å²) in [6.45, 7) is 4.00. The highest BCUT2D eigenvalue weighted by molar-refractivity contribution is 6.33. The quantitative estimate of drug-likeness (QED) is 0.126. The van der Waals surface area contributed by atoms with Crippen molar-refractivity contribution in [2.45, 2.75) is 13.8 Å². The highest BCUT2D eigenvalue weighted by Gasteiger charge is 2.23. The lowest BCUT2D eigenvalue weighted by Gasteiger charge is -2.05. The van der Waals surface area contributed by atoms with Gasteiger partial charge in [-0.1, -0.05) is 71.3 Å². The van der Waals surface area contributed by atoms with Crippen LogP contribution in [0.15, 0.2) is 92.7 Å². The molecule has 0 spiro atoms. The van der Waals surface area contributed by atoms with Crippen LogP contribution < -0.4 is 0 Å². The van der Waals surface area contributed by atoms with Gasteiger partial charge in [0.25, 0.3) is 5.69 Å². The molecule has 0 N–H and O–H groups in total. The van der Waals surface area contributed by atoms with Crippen LogP contribution in [0.4, 0.5) is 11.6 Å². The Labute approximate surface area is 223 Å². The molecule has 38 heavy (non-hydrogen) atoms. The van der Waals surface area contributed by atoms with E-state index in [9.17, 15) is 15.4 Å². The summed E-state index contributed by atoms with van der Waals surface area (Å²) < 4.78 is 12.0. The van der Waals surface area contributed by atoms with Crippen molar-refractivity contribution < 1.29 is 13.8 Å². The molecule has 0 atom stereocenters. The third-order valence-electron chi connectivity index (χ3n) is 6.02. The summed E-state index contributed by atoms with van der Waals surface area (Å²) in [7, 11) is 0. The molecule has 7 nitrogen and oxygen atoms in total. The van der Waals surface area contributed by atoms with Gasteiger partial charge >= 0.3 is 0 Å². The van der Waals surface area contributed by atoms with Gasteiger partial charge in [0.2, 0.25) is 5.88 Å². The standard InChI is InChI=1S/C30H20ClN3O4/c1-18-3-7-20(8-4-18)28-25(16-32)30(38-29(28)21-9-5-19(2)6-10-21)33-17-23-12-14-27(37-23)24-15-22(34(35)36)11-13-26(24)31/h3-15,17H,1-2H3. The molecule has 5 aromatic rings. The minimum absolute atomic E-state index is 0.0995. The summed E-state index contributed by atoms with van der Waals surface area (Å²) in [5.41, 5.74) is 5.12. The highest BCUT2D eigenvalue weighted by atomic mass is 35.5. The topological polar surface area (TPSA) is 106 Å². The second kappa shape index (κ2) is 10.2. The van der Waals surface area contributed by atoms with Gasteiger partial charge in [0.15, 0.2) is 0 Å². The number of furan rings is 2. The Hall–Kier alpha value is -4.93. The van der Waals surface area contributed by atoms with Crippen molar-refractivity contribution in [2.24, 2.45) is 4.99 Å². The van der Waals surface area contributed by atoms with E-state index in [1.54, 1.807) is 12.1 Å². The molecule has 8 heteroatoms. The van der Waals surface area contributed by atoms with Crippen LogP contribution in [-0.2, 0) is 0 Å². The number of aliphatic imine (C=N–C) groups is 1. The average Bonchev–Trinajstić information content (AvgIpc) is 3.53. The van der Waals surface area contributed by atoms with Crippen molar-refractivity contribution in [2.75, 3.05) is 0 Å². The minimum atomic E-state index is -0.497. The summed E-state index contributed by atoms with van der Waals surface area (Å²) in [5, 5.41) is 21.6. The first kappa shape index (κ1) is 24.8. The molecule has 0 amide bonds. The van der Waals surface area contributed by atoms with Gasteiger partial charge in [-0.2, -0.15) is 5.26 Å². The molecule has 0 aliphatic heterocycles. The van der Waals surface area contributed by atoms with Crippen molar-refractivity contribution in [1.82, 2.24) is 0 Å². The van der Waals surface area contributed by atoms with E-state index in [1.165, 1.54) is 24.4 Å². The summed E-state index contributed by atoms with van der Waals surface area (Å²) in [6, 6.07) is 25.4. The number of nitrogens with zero attached hydrogens (tertiary/aromatic N) is 3. The van der Waals surface area contributed by atoms with Gasteiger partial charge in [-0.15, -0.1) is 0 Å². The van der Waals surface area contributed by atoms with Crippen molar-refractivity contribution >= 4 is 29.4 Å². The van der Waals surface area contributed by atoms with Crippen molar-refractivity contribution in [3.8, 4) is 39.8 Å². The van der Waals surface area contributed by atoms with E-state index in [4.69, 9.17) is 20.4 Å². The second-order valence-electron chi connectivity index (χ2n) is 8.71. The minimum Gasteiger partial charge on any atom is -0.455 e. The molecule has 0 unspecified atom stereocenters. The second-order valence-corrected chi connectivity index (χ2v) is 9.12. The Kier molecular flexibility index (Phi) is 6.65. The number of non-ortho nitro benzene ring substituents is 1. The zero-order valence-corrected chi connectivity index (χ0v) is 21.2. The smallest absolute Gasteiger partial charge is 0.270 e. The third-order valence-corrected chi connectivity index (χ3v) is 6.35. The van der Waals surface area contributed by atoms with Gasteiger partial charge in [0.1, 0.15) is 28.9 Å². The maximum absolute atomic E-state index is 11.2. The van der Waals surface area contributed by atoms with Crippen molar-refractivity contribution in [3.63, 3.8) is 0 Å². The fraction of sp³-hybridized carbons (Fsp3) is 0.0667. The largest absolute Gasteiger partial charge is 0.455 e. The molecule has 2 aromatic heterocycles. The SMILES string of the molecule is Cc1ccc(-c2oc(N=Cc3ccc(-c4cc([N+](=O)[O-])ccc4Cl)o3)c(C#N)c2-c2ccc(C)cc2)cc1. The van der Waals surface area contributed by atoms with E-state index >= 15 is 0 Å². The first-order chi connectivity index (χ1) is 18.3. The van der Waals surface area contributed by atoms with Crippen LogP contribution in [0.1, 0.15) is 22.5 Å². The number of benzene rings is 3. The van der Waals surface area contributed by atoms with E-state index < -0.39 is 4.92 Å².